The monoisotopic (exact) mass is 550 g/mol. The Balaban J connectivity index is 1.24. The van der Waals surface area contributed by atoms with Gasteiger partial charge in [-0.3, -0.25) is 0 Å². The molecule has 0 bridgehead atoms. The number of aliphatic hydroxyl groups excluding tert-OH is 2. The quantitative estimate of drug-likeness (QED) is 0.241. The van der Waals surface area contributed by atoms with Gasteiger partial charge < -0.3 is 29.2 Å². The lowest BCUT2D eigenvalue weighted by atomic mass is 10.3. The molecule has 0 aliphatic rings. The standard InChI is InChI=1S/C30H30O8S/c31-23(19-35-25-7-3-1-4-8-25)21-37-27-11-15-29(16-12-27)39(33,34)30-17-13-28(14-18-30)38-22-24(32)20-36-26-9-5-2-6-10-26/h1-18,23-24,31-32H,19-22H2. The van der Waals surface area contributed by atoms with Crippen molar-refractivity contribution in [2.24, 2.45) is 0 Å². The van der Waals surface area contributed by atoms with Crippen molar-refractivity contribution in [3.8, 4) is 23.0 Å². The Morgan fingerprint density at radius 2 is 0.744 bits per heavy atom. The summed E-state index contributed by atoms with van der Waals surface area (Å²) in [4.78, 5) is 0.204. The summed E-state index contributed by atoms with van der Waals surface area (Å²) < 4.78 is 48.2. The minimum Gasteiger partial charge on any atom is -0.491 e. The van der Waals surface area contributed by atoms with Crippen LogP contribution in [0.1, 0.15) is 0 Å². The summed E-state index contributed by atoms with van der Waals surface area (Å²) in [5.74, 6) is 2.14. The number of aliphatic hydroxyl groups is 2. The molecule has 2 atom stereocenters. The largest absolute Gasteiger partial charge is 0.491 e. The zero-order valence-electron chi connectivity index (χ0n) is 21.1. The van der Waals surface area contributed by atoms with Gasteiger partial charge in [0.1, 0.15) is 61.6 Å². The van der Waals surface area contributed by atoms with E-state index in [0.717, 1.165) is 0 Å². The molecular formula is C30H30O8S. The maximum atomic E-state index is 13.0. The Kier molecular flexibility index (Phi) is 9.80. The summed E-state index contributed by atoms with van der Waals surface area (Å²) in [6.07, 6.45) is -1.71. The number of hydrogen-bond acceptors (Lipinski definition) is 8. The van der Waals surface area contributed by atoms with Gasteiger partial charge in [0.05, 0.1) is 9.79 Å². The third-order valence-electron chi connectivity index (χ3n) is 5.52. The van der Waals surface area contributed by atoms with Crippen LogP contribution in [0.25, 0.3) is 0 Å². The number of rotatable bonds is 14. The van der Waals surface area contributed by atoms with Crippen molar-refractivity contribution < 1.29 is 37.6 Å². The van der Waals surface area contributed by atoms with Crippen LogP contribution in [-0.2, 0) is 9.84 Å². The van der Waals surface area contributed by atoms with E-state index in [1.807, 2.05) is 36.4 Å². The maximum absolute atomic E-state index is 13.0. The first kappa shape index (κ1) is 28.0. The second kappa shape index (κ2) is 13.7. The average Bonchev–Trinajstić information content (AvgIpc) is 2.98. The lowest BCUT2D eigenvalue weighted by Crippen LogP contribution is -2.25. The molecule has 0 spiro atoms. The molecule has 0 aromatic heterocycles. The highest BCUT2D eigenvalue weighted by atomic mass is 32.2. The van der Waals surface area contributed by atoms with Gasteiger partial charge in [-0.25, -0.2) is 8.42 Å². The van der Waals surface area contributed by atoms with E-state index in [-0.39, 0.29) is 36.2 Å². The van der Waals surface area contributed by atoms with E-state index >= 15 is 0 Å². The first-order valence-corrected chi connectivity index (χ1v) is 13.8. The highest BCUT2D eigenvalue weighted by Crippen LogP contribution is 2.25. The van der Waals surface area contributed by atoms with Gasteiger partial charge in [-0.2, -0.15) is 0 Å². The summed E-state index contributed by atoms with van der Waals surface area (Å²) in [5, 5.41) is 20.2. The van der Waals surface area contributed by atoms with Crippen LogP contribution in [0.15, 0.2) is 119 Å². The molecule has 0 aliphatic heterocycles. The van der Waals surface area contributed by atoms with Gasteiger partial charge in [0.15, 0.2) is 0 Å². The topological polar surface area (TPSA) is 112 Å². The van der Waals surface area contributed by atoms with E-state index in [4.69, 9.17) is 18.9 Å². The molecule has 2 unspecified atom stereocenters. The van der Waals surface area contributed by atoms with Gasteiger partial charge in [-0.1, -0.05) is 36.4 Å². The van der Waals surface area contributed by atoms with Crippen molar-refractivity contribution in [3.63, 3.8) is 0 Å². The molecule has 0 aliphatic carbocycles. The fourth-order valence-corrected chi connectivity index (χ4v) is 4.73. The predicted octanol–water partition coefficient (Wildman–Crippen LogP) is 4.16. The first-order valence-electron chi connectivity index (χ1n) is 12.3. The molecule has 4 aromatic rings. The molecule has 0 radical (unpaired) electrons. The molecule has 8 nitrogen and oxygen atoms in total. The third kappa shape index (κ3) is 8.47. The first-order chi connectivity index (χ1) is 18.9. The fourth-order valence-electron chi connectivity index (χ4n) is 3.47. The Labute approximate surface area is 227 Å². The lowest BCUT2D eigenvalue weighted by Gasteiger charge is -2.14. The fraction of sp³-hybridized carbons (Fsp3) is 0.200. The van der Waals surface area contributed by atoms with E-state index in [2.05, 4.69) is 0 Å². The molecule has 0 saturated heterocycles. The molecule has 39 heavy (non-hydrogen) atoms. The highest BCUT2D eigenvalue weighted by molar-refractivity contribution is 7.91. The van der Waals surface area contributed by atoms with Gasteiger partial charge >= 0.3 is 0 Å². The van der Waals surface area contributed by atoms with Crippen LogP contribution in [0.2, 0.25) is 0 Å². The molecule has 204 valence electrons. The summed E-state index contributed by atoms with van der Waals surface area (Å²) in [6, 6.07) is 30.2. The molecule has 0 saturated carbocycles. The van der Waals surface area contributed by atoms with E-state index in [1.54, 1.807) is 24.3 Å². The maximum Gasteiger partial charge on any atom is 0.206 e. The van der Waals surface area contributed by atoms with Gasteiger partial charge in [-0.05, 0) is 72.8 Å². The summed E-state index contributed by atoms with van der Waals surface area (Å²) in [6.45, 7) is 0.119. The average molecular weight is 551 g/mol. The van der Waals surface area contributed by atoms with Crippen molar-refractivity contribution in [2.75, 3.05) is 26.4 Å². The summed E-state index contributed by atoms with van der Waals surface area (Å²) in [5.41, 5.74) is 0. The molecular weight excluding hydrogens is 520 g/mol. The minimum absolute atomic E-state index is 0.00648. The van der Waals surface area contributed by atoms with Gasteiger partial charge in [0, 0.05) is 0 Å². The number of benzene rings is 4. The van der Waals surface area contributed by atoms with Crippen LogP contribution in [-0.4, -0.2) is 57.3 Å². The van der Waals surface area contributed by atoms with E-state index < -0.39 is 22.0 Å². The van der Waals surface area contributed by atoms with Crippen molar-refractivity contribution in [1.29, 1.82) is 0 Å². The van der Waals surface area contributed by atoms with Crippen molar-refractivity contribution in [3.05, 3.63) is 109 Å². The van der Waals surface area contributed by atoms with E-state index in [9.17, 15) is 18.6 Å². The summed E-state index contributed by atoms with van der Waals surface area (Å²) >= 11 is 0. The summed E-state index contributed by atoms with van der Waals surface area (Å²) in [7, 11) is -3.76. The normalized spacial score (nSPS) is 12.8. The Bertz CT molecular complexity index is 1270. The van der Waals surface area contributed by atoms with Crippen molar-refractivity contribution >= 4 is 9.84 Å². The van der Waals surface area contributed by atoms with Crippen LogP contribution in [0.5, 0.6) is 23.0 Å². The van der Waals surface area contributed by atoms with Crippen LogP contribution in [0, 0.1) is 0 Å². The molecule has 2 N–H and O–H groups in total. The number of sulfone groups is 1. The molecule has 9 heteroatoms. The van der Waals surface area contributed by atoms with Gasteiger partial charge in [0.25, 0.3) is 0 Å². The molecule has 4 rings (SSSR count). The molecule has 4 aromatic carbocycles. The Morgan fingerprint density at radius 1 is 0.462 bits per heavy atom. The Morgan fingerprint density at radius 3 is 1.05 bits per heavy atom. The van der Waals surface area contributed by atoms with Crippen molar-refractivity contribution in [2.45, 2.75) is 22.0 Å². The zero-order chi connectivity index (χ0) is 27.5. The third-order valence-corrected chi connectivity index (χ3v) is 7.31. The Hall–Kier alpha value is -4.05. The smallest absolute Gasteiger partial charge is 0.206 e. The molecule has 0 heterocycles. The van der Waals surface area contributed by atoms with Crippen molar-refractivity contribution in [1.82, 2.24) is 0 Å². The lowest BCUT2D eigenvalue weighted by molar-refractivity contribution is 0.0626. The number of para-hydroxylation sites is 2. The number of ether oxygens (including phenoxy) is 4. The SMILES string of the molecule is O=S(=O)(c1ccc(OCC(O)COc2ccccc2)cc1)c1ccc(OCC(O)COc2ccccc2)cc1. The van der Waals surface area contributed by atoms with Crippen LogP contribution in [0.3, 0.4) is 0 Å². The van der Waals surface area contributed by atoms with E-state index in [1.165, 1.54) is 48.5 Å². The molecule has 0 fully saturated rings. The van der Waals surface area contributed by atoms with E-state index in [0.29, 0.717) is 23.0 Å². The van der Waals surface area contributed by atoms with Crippen LogP contribution in [0.4, 0.5) is 0 Å². The zero-order valence-corrected chi connectivity index (χ0v) is 21.9. The van der Waals surface area contributed by atoms with Gasteiger partial charge in [0.2, 0.25) is 9.84 Å². The second-order valence-electron chi connectivity index (χ2n) is 8.62. The highest BCUT2D eigenvalue weighted by Gasteiger charge is 2.18. The van der Waals surface area contributed by atoms with Crippen LogP contribution >= 0.6 is 0 Å². The molecule has 0 amide bonds. The minimum atomic E-state index is -3.76. The predicted molar refractivity (Wildman–Crippen MR) is 145 cm³/mol. The number of hydrogen-bond donors (Lipinski definition) is 2. The van der Waals surface area contributed by atoms with Gasteiger partial charge in [-0.15, -0.1) is 0 Å². The van der Waals surface area contributed by atoms with Crippen LogP contribution < -0.4 is 18.9 Å². The second-order valence-corrected chi connectivity index (χ2v) is 10.6.